The number of nitrogens with zero attached hydrogens (tertiary/aromatic N) is 1. The number of fused-ring (bicyclic) bond motifs is 6. The predicted octanol–water partition coefficient (Wildman–Crippen LogP) is 13.0. The molecule has 0 bridgehead atoms. The van der Waals surface area contributed by atoms with Crippen LogP contribution in [-0.2, 0) is 37.7 Å². The second-order valence-electron chi connectivity index (χ2n) is 14.6. The number of hydrogen-bond donors (Lipinski definition) is 1. The summed E-state index contributed by atoms with van der Waals surface area (Å²) in [6.07, 6.45) is 8.85. The summed E-state index contributed by atoms with van der Waals surface area (Å²) in [7, 11) is 0. The number of aromatic nitrogens is 1. The number of aliphatic hydroxyl groups is 1. The van der Waals surface area contributed by atoms with E-state index in [9.17, 15) is 9.90 Å². The first kappa shape index (κ1) is 40.0. The van der Waals surface area contributed by atoms with Gasteiger partial charge in [-0.1, -0.05) is 115 Å². The number of allylic oxidation sites excluding steroid dienone is 2. The van der Waals surface area contributed by atoms with Gasteiger partial charge in [0.2, 0.25) is 0 Å². The maximum Gasteiger partial charge on any atom is 0.162 e. The van der Waals surface area contributed by atoms with E-state index in [4.69, 9.17) is 9.40 Å². The van der Waals surface area contributed by atoms with Crippen molar-refractivity contribution < 1.29 is 34.4 Å². The van der Waals surface area contributed by atoms with Gasteiger partial charge in [0.05, 0.1) is 11.3 Å². The van der Waals surface area contributed by atoms with Crippen LogP contribution in [0.3, 0.4) is 0 Å². The molecule has 6 aromatic rings. The van der Waals surface area contributed by atoms with Gasteiger partial charge in [-0.05, 0) is 95.3 Å². The molecule has 271 valence electrons. The van der Waals surface area contributed by atoms with E-state index in [1.165, 1.54) is 33.2 Å². The van der Waals surface area contributed by atoms with Crippen molar-refractivity contribution in [2.24, 2.45) is 23.7 Å². The molecule has 6 rings (SSSR count). The number of para-hydroxylation sites is 1. The van der Waals surface area contributed by atoms with Crippen LogP contribution in [-0.4, -0.2) is 15.9 Å². The van der Waals surface area contributed by atoms with Crippen LogP contribution in [0.15, 0.2) is 89.2 Å². The van der Waals surface area contributed by atoms with E-state index in [0.29, 0.717) is 11.8 Å². The fraction of sp³-hybridized carbons (Fsp3) is 0.391. The number of benzene rings is 4. The van der Waals surface area contributed by atoms with Crippen molar-refractivity contribution in [3.05, 3.63) is 102 Å². The summed E-state index contributed by atoms with van der Waals surface area (Å²) in [4.78, 5) is 16.6. The van der Waals surface area contributed by atoms with E-state index in [0.717, 1.165) is 77.3 Å². The van der Waals surface area contributed by atoms with Crippen LogP contribution in [0.2, 0.25) is 0 Å². The minimum absolute atomic E-state index is 0. The van der Waals surface area contributed by atoms with Gasteiger partial charge in [-0.3, -0.25) is 4.79 Å². The monoisotopic (exact) mass is 861 g/mol. The zero-order chi connectivity index (χ0) is 35.9. The molecule has 0 amide bonds. The Labute approximate surface area is 318 Å². The van der Waals surface area contributed by atoms with E-state index in [1.54, 1.807) is 0 Å². The third-order valence-electron chi connectivity index (χ3n) is 9.90. The Kier molecular flexibility index (Phi) is 14.2. The molecule has 0 saturated carbocycles. The van der Waals surface area contributed by atoms with Crippen molar-refractivity contribution in [3.8, 4) is 11.3 Å². The van der Waals surface area contributed by atoms with Gasteiger partial charge in [0, 0.05) is 49.6 Å². The van der Waals surface area contributed by atoms with E-state index in [2.05, 4.69) is 88.4 Å². The van der Waals surface area contributed by atoms with E-state index in [1.807, 2.05) is 46.0 Å². The van der Waals surface area contributed by atoms with Crippen LogP contribution in [0.25, 0.3) is 54.7 Å². The molecule has 2 aromatic heterocycles. The molecule has 51 heavy (non-hydrogen) atoms. The van der Waals surface area contributed by atoms with Gasteiger partial charge in [0.25, 0.3) is 0 Å². The number of carbonyl (C=O) groups excluding carboxylic acids is 1. The van der Waals surface area contributed by atoms with Crippen LogP contribution in [0.1, 0.15) is 92.2 Å². The Morgan fingerprint density at radius 3 is 2.10 bits per heavy atom. The van der Waals surface area contributed by atoms with Crippen LogP contribution < -0.4 is 0 Å². The minimum Gasteiger partial charge on any atom is -0.512 e. The maximum atomic E-state index is 11.7. The van der Waals surface area contributed by atoms with Gasteiger partial charge < -0.3 is 14.5 Å². The van der Waals surface area contributed by atoms with Crippen LogP contribution in [0, 0.1) is 29.7 Å². The van der Waals surface area contributed by atoms with Gasteiger partial charge in [0.15, 0.2) is 5.78 Å². The Hall–Kier alpha value is -3.79. The largest absolute Gasteiger partial charge is 0.512 e. The Balaban J connectivity index is 0.000000312. The first-order chi connectivity index (χ1) is 24.1. The zero-order valence-corrected chi connectivity index (χ0v) is 34.0. The van der Waals surface area contributed by atoms with Crippen LogP contribution >= 0.6 is 0 Å². The predicted molar refractivity (Wildman–Crippen MR) is 212 cm³/mol. The fourth-order valence-electron chi connectivity index (χ4n) is 7.14. The zero-order valence-electron chi connectivity index (χ0n) is 31.6. The molecule has 0 aliphatic carbocycles. The molecular formula is C46H54IrNO3-. The summed E-state index contributed by atoms with van der Waals surface area (Å²) >= 11 is 0. The van der Waals surface area contributed by atoms with Crippen LogP contribution in [0.5, 0.6) is 0 Å². The molecule has 4 nitrogen and oxygen atoms in total. The summed E-state index contributed by atoms with van der Waals surface area (Å²) in [5.41, 5.74) is 6.40. The fourth-order valence-corrected chi connectivity index (χ4v) is 7.14. The summed E-state index contributed by atoms with van der Waals surface area (Å²) < 4.78 is 6.31. The van der Waals surface area contributed by atoms with Gasteiger partial charge in [0.1, 0.15) is 5.58 Å². The second-order valence-corrected chi connectivity index (χ2v) is 14.6. The van der Waals surface area contributed by atoms with Gasteiger partial charge in [-0.2, -0.15) is 0 Å². The molecule has 0 saturated heterocycles. The number of carbonyl (C=O) groups is 1. The first-order valence-corrected chi connectivity index (χ1v) is 18.7. The molecule has 0 aliphatic rings. The topological polar surface area (TPSA) is 63.3 Å². The standard InChI is InChI=1S/C33H30NO.C13H24O2.Ir/c1-20(2)15-22-9-10-23-11-12-28-26(29(23)17-22)13-14-34-32(28)24-18-25(16-21(3)4)33-30(19-24)27-7-5-6-8-31(27)35-33;1-5-10(6-2)12(14)9-13(15)11(7-3)8-4;/h5-14,17,19-21H,15-16H2,1-4H3;9-11,14H,5-8H2,1-4H3;/q-1;;/b;12-9-;. The quantitative estimate of drug-likeness (QED) is 0.0576. The molecule has 5 heteroatoms. The molecule has 0 aliphatic heterocycles. The normalized spacial score (nSPS) is 12.0. The van der Waals surface area contributed by atoms with E-state index >= 15 is 0 Å². The van der Waals surface area contributed by atoms with Crippen molar-refractivity contribution in [1.82, 2.24) is 4.98 Å². The Morgan fingerprint density at radius 1 is 0.765 bits per heavy atom. The molecule has 4 aromatic carbocycles. The first-order valence-electron chi connectivity index (χ1n) is 18.7. The second kappa shape index (κ2) is 18.1. The summed E-state index contributed by atoms with van der Waals surface area (Å²) in [6.45, 7) is 17.1. The molecule has 0 spiro atoms. The average molecular weight is 861 g/mol. The van der Waals surface area contributed by atoms with Gasteiger partial charge in [-0.15, -0.1) is 17.7 Å². The van der Waals surface area contributed by atoms with E-state index in [-0.39, 0.29) is 43.5 Å². The SMILES string of the molecule is CC(C)Cc1ccc2ccc3c(-c4[c-]c(CC(C)C)c5oc6ccccc6c5c4)nccc3c2c1.CCC(CC)C(=O)/C=C(\O)C(CC)CC.[Ir]. The number of ketones is 1. The maximum absolute atomic E-state index is 11.7. The van der Waals surface area contributed by atoms with Gasteiger partial charge in [-0.25, -0.2) is 0 Å². The number of rotatable bonds is 12. The number of hydrogen-bond acceptors (Lipinski definition) is 4. The molecule has 0 unspecified atom stereocenters. The third kappa shape index (κ3) is 9.18. The smallest absolute Gasteiger partial charge is 0.162 e. The van der Waals surface area contributed by atoms with Crippen molar-refractivity contribution in [3.63, 3.8) is 0 Å². The third-order valence-corrected chi connectivity index (χ3v) is 9.90. The summed E-state index contributed by atoms with van der Waals surface area (Å²) in [6, 6.07) is 27.7. The van der Waals surface area contributed by atoms with Crippen LogP contribution in [0.4, 0.5) is 0 Å². The number of furan rings is 1. The van der Waals surface area contributed by atoms with Crippen molar-refractivity contribution in [2.75, 3.05) is 0 Å². The Bertz CT molecular complexity index is 2110. The van der Waals surface area contributed by atoms with Crippen molar-refractivity contribution in [1.29, 1.82) is 0 Å². The molecule has 0 atom stereocenters. The van der Waals surface area contributed by atoms with E-state index < -0.39 is 0 Å². The Morgan fingerprint density at radius 2 is 1.43 bits per heavy atom. The van der Waals surface area contributed by atoms with Crippen molar-refractivity contribution in [2.45, 2.75) is 93.9 Å². The molecule has 1 N–H and O–H groups in total. The minimum atomic E-state index is 0. The van der Waals surface area contributed by atoms with Crippen molar-refractivity contribution >= 4 is 49.3 Å². The molecule has 1 radical (unpaired) electrons. The molecule has 0 fully saturated rings. The molecule has 2 heterocycles. The summed E-state index contributed by atoms with van der Waals surface area (Å²) in [5.74, 6) is 1.68. The number of aliphatic hydroxyl groups excluding tert-OH is 1. The summed E-state index contributed by atoms with van der Waals surface area (Å²) in [5, 5.41) is 17.0. The molecular weight excluding hydrogens is 807 g/mol. The average Bonchev–Trinajstić information content (AvgIpc) is 3.48. The number of pyridine rings is 1. The van der Waals surface area contributed by atoms with Gasteiger partial charge >= 0.3 is 0 Å².